The van der Waals surface area contributed by atoms with E-state index in [1.54, 1.807) is 12.1 Å². The van der Waals surface area contributed by atoms with Gasteiger partial charge in [0.15, 0.2) is 11.6 Å². The van der Waals surface area contributed by atoms with Crippen molar-refractivity contribution in [2.24, 2.45) is 5.92 Å². The monoisotopic (exact) mass is 280 g/mol. The lowest BCUT2D eigenvalue weighted by Crippen LogP contribution is -2.37. The molecule has 1 heterocycles. The Labute approximate surface area is 119 Å². The molecular weight excluding hydrogens is 258 g/mol. The average molecular weight is 280 g/mol. The van der Waals surface area contributed by atoms with Crippen molar-refractivity contribution in [3.63, 3.8) is 0 Å². The second-order valence-corrected chi connectivity index (χ2v) is 6.07. The van der Waals surface area contributed by atoms with Crippen molar-refractivity contribution in [3.05, 3.63) is 35.4 Å². The Kier molecular flexibility index (Phi) is 4.32. The first-order valence-corrected chi connectivity index (χ1v) is 7.61. The molecule has 2 nitrogen and oxygen atoms in total. The van der Waals surface area contributed by atoms with Gasteiger partial charge in [-0.05, 0) is 50.8 Å². The van der Waals surface area contributed by atoms with Crippen molar-refractivity contribution in [2.75, 3.05) is 19.6 Å². The van der Waals surface area contributed by atoms with E-state index in [4.69, 9.17) is 0 Å². The third-order valence-corrected chi connectivity index (χ3v) is 4.42. The van der Waals surface area contributed by atoms with E-state index in [2.05, 4.69) is 10.2 Å². The summed E-state index contributed by atoms with van der Waals surface area (Å²) in [6, 6.07) is 5.07. The number of nitrogens with zero attached hydrogens (tertiary/aromatic N) is 1. The molecular formula is C16H22F2N2. The van der Waals surface area contributed by atoms with Crippen LogP contribution >= 0.6 is 0 Å². The van der Waals surface area contributed by atoms with Crippen LogP contribution in [0.3, 0.4) is 0 Å². The fourth-order valence-corrected chi connectivity index (χ4v) is 3.07. The Bertz CT molecular complexity index is 454. The van der Waals surface area contributed by atoms with Gasteiger partial charge < -0.3 is 5.32 Å². The lowest BCUT2D eigenvalue weighted by atomic mass is 9.97. The highest BCUT2D eigenvalue weighted by Gasteiger charge is 2.31. The first-order valence-electron chi connectivity index (χ1n) is 7.61. The van der Waals surface area contributed by atoms with Gasteiger partial charge in [-0.15, -0.1) is 0 Å². The third-order valence-electron chi connectivity index (χ3n) is 4.42. The second kappa shape index (κ2) is 6.19. The number of rotatable bonds is 5. The van der Waals surface area contributed by atoms with Crippen LogP contribution in [0.1, 0.15) is 31.2 Å². The van der Waals surface area contributed by atoms with Gasteiger partial charge in [0, 0.05) is 24.7 Å². The fraction of sp³-hybridized carbons (Fsp3) is 0.625. The number of hydrogen-bond donors (Lipinski definition) is 1. The Morgan fingerprint density at radius 2 is 1.85 bits per heavy atom. The molecule has 0 aromatic heterocycles. The molecule has 0 amide bonds. The molecule has 1 saturated heterocycles. The molecule has 1 N–H and O–H groups in total. The maximum atomic E-state index is 13.8. The van der Waals surface area contributed by atoms with E-state index in [-0.39, 0.29) is 0 Å². The summed E-state index contributed by atoms with van der Waals surface area (Å²) in [5.74, 6) is -0.725. The maximum absolute atomic E-state index is 13.8. The van der Waals surface area contributed by atoms with Gasteiger partial charge in [-0.3, -0.25) is 4.90 Å². The van der Waals surface area contributed by atoms with E-state index in [1.165, 1.54) is 31.7 Å². The average Bonchev–Trinajstić information content (AvgIpc) is 3.29. The molecule has 0 bridgehead atoms. The van der Waals surface area contributed by atoms with Crippen molar-refractivity contribution < 1.29 is 8.78 Å². The lowest BCUT2D eigenvalue weighted by Gasteiger charge is -2.30. The summed E-state index contributed by atoms with van der Waals surface area (Å²) in [6.07, 6.45) is 4.77. The van der Waals surface area contributed by atoms with Gasteiger partial charge in [0.05, 0.1) is 0 Å². The minimum atomic E-state index is -0.736. The molecule has 0 unspecified atom stereocenters. The van der Waals surface area contributed by atoms with Gasteiger partial charge >= 0.3 is 0 Å². The van der Waals surface area contributed by atoms with Crippen LogP contribution in [0, 0.1) is 17.6 Å². The quantitative estimate of drug-likeness (QED) is 0.892. The lowest BCUT2D eigenvalue weighted by molar-refractivity contribution is 0.188. The van der Waals surface area contributed by atoms with Crippen molar-refractivity contribution in [2.45, 2.75) is 38.3 Å². The predicted octanol–water partition coefficient (Wildman–Crippen LogP) is 2.93. The molecule has 110 valence electrons. The molecule has 3 rings (SSSR count). The molecule has 0 spiro atoms. The first-order chi connectivity index (χ1) is 9.74. The van der Waals surface area contributed by atoms with Crippen molar-refractivity contribution >= 4 is 0 Å². The molecule has 2 fully saturated rings. The van der Waals surface area contributed by atoms with Crippen LogP contribution in [0.2, 0.25) is 0 Å². The number of piperidine rings is 1. The fourth-order valence-electron chi connectivity index (χ4n) is 3.07. The summed E-state index contributed by atoms with van der Waals surface area (Å²) in [5.41, 5.74) is 0.492. The Hall–Kier alpha value is -1.00. The molecule has 1 aromatic rings. The highest BCUT2D eigenvalue weighted by Crippen LogP contribution is 2.31. The molecule has 0 atom stereocenters. The topological polar surface area (TPSA) is 15.3 Å². The van der Waals surface area contributed by atoms with Crippen LogP contribution in [-0.2, 0) is 6.54 Å². The minimum absolute atomic E-state index is 0.492. The largest absolute Gasteiger partial charge is 0.317 e. The van der Waals surface area contributed by atoms with E-state index in [0.717, 1.165) is 19.6 Å². The van der Waals surface area contributed by atoms with Crippen molar-refractivity contribution in [3.8, 4) is 0 Å². The summed E-state index contributed by atoms with van der Waals surface area (Å²) in [4.78, 5) is 2.36. The van der Waals surface area contributed by atoms with E-state index >= 15 is 0 Å². The summed E-state index contributed by atoms with van der Waals surface area (Å²) >= 11 is 0. The van der Waals surface area contributed by atoms with Crippen LogP contribution in [0.5, 0.6) is 0 Å². The zero-order valence-corrected chi connectivity index (χ0v) is 11.7. The third kappa shape index (κ3) is 3.36. The number of hydrogen-bond acceptors (Lipinski definition) is 2. The smallest absolute Gasteiger partial charge is 0.163 e. The molecule has 4 heteroatoms. The standard InChI is InChI=1S/C16H22F2N2/c17-15-3-1-2-13(16(15)18)11-20(14-4-5-14)10-12-6-8-19-9-7-12/h1-3,12,14,19H,4-11H2. The highest BCUT2D eigenvalue weighted by molar-refractivity contribution is 5.19. The number of nitrogens with one attached hydrogen (secondary N) is 1. The molecule has 1 aliphatic heterocycles. The Morgan fingerprint density at radius 3 is 2.55 bits per heavy atom. The van der Waals surface area contributed by atoms with Gasteiger partial charge in [-0.1, -0.05) is 12.1 Å². The summed E-state index contributed by atoms with van der Waals surface area (Å²) in [7, 11) is 0. The van der Waals surface area contributed by atoms with Gasteiger partial charge in [0.25, 0.3) is 0 Å². The van der Waals surface area contributed by atoms with Crippen molar-refractivity contribution in [1.82, 2.24) is 10.2 Å². The summed E-state index contributed by atoms with van der Waals surface area (Å²) < 4.78 is 27.1. The van der Waals surface area contributed by atoms with Crippen molar-refractivity contribution in [1.29, 1.82) is 0 Å². The molecule has 20 heavy (non-hydrogen) atoms. The Morgan fingerprint density at radius 1 is 1.10 bits per heavy atom. The van der Waals surface area contributed by atoms with Crippen LogP contribution in [0.25, 0.3) is 0 Å². The second-order valence-electron chi connectivity index (χ2n) is 6.07. The summed E-state index contributed by atoms with van der Waals surface area (Å²) in [5, 5.41) is 3.37. The van der Waals surface area contributed by atoms with E-state index in [1.807, 2.05) is 0 Å². The molecule has 1 aliphatic carbocycles. The predicted molar refractivity (Wildman–Crippen MR) is 75.4 cm³/mol. The molecule has 1 saturated carbocycles. The van der Waals surface area contributed by atoms with E-state index in [9.17, 15) is 8.78 Å². The highest BCUT2D eigenvalue weighted by atomic mass is 19.2. The van der Waals surface area contributed by atoms with Crippen LogP contribution < -0.4 is 5.32 Å². The van der Waals surface area contributed by atoms with Gasteiger partial charge in [-0.25, -0.2) is 8.78 Å². The molecule has 2 aliphatic rings. The number of benzene rings is 1. The SMILES string of the molecule is Fc1cccc(CN(CC2CCNCC2)C2CC2)c1F. The van der Waals surface area contributed by atoms with Gasteiger partial charge in [0.1, 0.15) is 0 Å². The summed E-state index contributed by atoms with van der Waals surface area (Å²) in [6.45, 7) is 3.72. The zero-order chi connectivity index (χ0) is 13.9. The molecule has 1 aromatic carbocycles. The maximum Gasteiger partial charge on any atom is 0.163 e. The van der Waals surface area contributed by atoms with E-state index in [0.29, 0.717) is 24.1 Å². The normalized spacial score (nSPS) is 20.6. The Balaban J connectivity index is 1.66. The van der Waals surface area contributed by atoms with Gasteiger partial charge in [-0.2, -0.15) is 0 Å². The number of halogens is 2. The van der Waals surface area contributed by atoms with E-state index < -0.39 is 11.6 Å². The van der Waals surface area contributed by atoms with Crippen LogP contribution in [-0.4, -0.2) is 30.6 Å². The minimum Gasteiger partial charge on any atom is -0.317 e. The first kappa shape index (κ1) is 14.0. The zero-order valence-electron chi connectivity index (χ0n) is 11.7. The van der Waals surface area contributed by atoms with Crippen LogP contribution in [0.4, 0.5) is 8.78 Å². The van der Waals surface area contributed by atoms with Gasteiger partial charge in [0.2, 0.25) is 0 Å². The van der Waals surface area contributed by atoms with Crippen LogP contribution in [0.15, 0.2) is 18.2 Å². The molecule has 0 radical (unpaired) electrons.